The predicted octanol–water partition coefficient (Wildman–Crippen LogP) is 3.42. The summed E-state index contributed by atoms with van der Waals surface area (Å²) in [5.74, 6) is -1.92. The molecule has 0 aliphatic carbocycles. The molecule has 0 saturated carbocycles. The van der Waals surface area contributed by atoms with Gasteiger partial charge in [0.2, 0.25) is 5.69 Å². The number of rotatable bonds is 7. The first-order valence-electron chi connectivity index (χ1n) is 10.1. The Morgan fingerprint density at radius 3 is 2.63 bits per heavy atom. The fraction of sp³-hybridized carbons (Fsp3) is 0.250. The minimum absolute atomic E-state index is 0.0288. The fourth-order valence-electron chi connectivity index (χ4n) is 3.71. The molecule has 0 aromatic carbocycles. The highest BCUT2D eigenvalue weighted by atomic mass is 32.1. The van der Waals surface area contributed by atoms with Crippen molar-refractivity contribution in [3.8, 4) is 11.1 Å². The van der Waals surface area contributed by atoms with Gasteiger partial charge in [-0.3, -0.25) is 29.1 Å². The number of alkyl halides is 2. The lowest BCUT2D eigenvalue weighted by Crippen LogP contribution is -2.18. The van der Waals surface area contributed by atoms with Gasteiger partial charge in [-0.15, -0.1) is 11.3 Å². The number of pyridine rings is 1. The number of primary amides is 1. The van der Waals surface area contributed by atoms with E-state index in [2.05, 4.69) is 20.5 Å². The van der Waals surface area contributed by atoms with Gasteiger partial charge in [-0.1, -0.05) is 0 Å². The molecule has 182 valence electrons. The summed E-state index contributed by atoms with van der Waals surface area (Å²) in [6.07, 6.45) is -0.368. The van der Waals surface area contributed by atoms with E-state index in [1.165, 1.54) is 13.2 Å². The second-order valence-corrected chi connectivity index (χ2v) is 8.45. The van der Waals surface area contributed by atoms with Crippen molar-refractivity contribution in [1.29, 1.82) is 0 Å². The maximum atomic E-state index is 13.7. The molecule has 0 atom stereocenters. The van der Waals surface area contributed by atoms with E-state index in [9.17, 15) is 28.5 Å². The Labute approximate surface area is 199 Å². The number of anilines is 1. The molecule has 12 nitrogen and oxygen atoms in total. The average Bonchev–Trinajstić information content (AvgIpc) is 3.48. The molecule has 0 saturated heterocycles. The Morgan fingerprint density at radius 1 is 1.34 bits per heavy atom. The quantitative estimate of drug-likeness (QED) is 0.287. The predicted molar refractivity (Wildman–Crippen MR) is 123 cm³/mol. The molecule has 0 aliphatic heterocycles. The van der Waals surface area contributed by atoms with E-state index < -0.39 is 40.2 Å². The van der Waals surface area contributed by atoms with Crippen LogP contribution in [-0.2, 0) is 13.6 Å². The molecule has 0 bridgehead atoms. The van der Waals surface area contributed by atoms with Crippen LogP contribution in [-0.4, -0.2) is 41.3 Å². The number of amides is 2. The van der Waals surface area contributed by atoms with Crippen molar-refractivity contribution in [2.24, 2.45) is 12.8 Å². The zero-order valence-corrected chi connectivity index (χ0v) is 19.4. The summed E-state index contributed by atoms with van der Waals surface area (Å²) < 4.78 is 30.1. The van der Waals surface area contributed by atoms with Crippen LogP contribution in [0, 0.1) is 17.0 Å². The topological polar surface area (TPSA) is 164 Å². The van der Waals surface area contributed by atoms with Crippen molar-refractivity contribution in [3.05, 3.63) is 50.5 Å². The number of hydrogen-bond acceptors (Lipinski definition) is 8. The lowest BCUT2D eigenvalue weighted by Gasteiger charge is -2.10. The van der Waals surface area contributed by atoms with E-state index in [-0.39, 0.29) is 26.3 Å². The van der Waals surface area contributed by atoms with Crippen LogP contribution in [0.3, 0.4) is 0 Å². The highest BCUT2D eigenvalue weighted by Crippen LogP contribution is 2.43. The summed E-state index contributed by atoms with van der Waals surface area (Å²) in [6, 6.07) is 1.16. The number of hydrogen-bond donors (Lipinski definition) is 2. The van der Waals surface area contributed by atoms with Gasteiger partial charge < -0.3 is 11.1 Å². The summed E-state index contributed by atoms with van der Waals surface area (Å²) in [4.78, 5) is 39.7. The number of nitro groups is 1. The van der Waals surface area contributed by atoms with E-state index >= 15 is 0 Å². The Kier molecular flexibility index (Phi) is 6.02. The van der Waals surface area contributed by atoms with E-state index in [0.29, 0.717) is 17.8 Å². The third kappa shape index (κ3) is 4.09. The zero-order valence-electron chi connectivity index (χ0n) is 18.6. The second-order valence-electron chi connectivity index (χ2n) is 7.45. The van der Waals surface area contributed by atoms with Crippen LogP contribution in [0.15, 0.2) is 18.5 Å². The molecule has 4 aromatic rings. The third-order valence-corrected chi connectivity index (χ3v) is 6.38. The largest absolute Gasteiger partial charge is 0.365 e. The molecule has 35 heavy (non-hydrogen) atoms. The van der Waals surface area contributed by atoms with E-state index in [1.807, 2.05) is 6.92 Å². The summed E-state index contributed by atoms with van der Waals surface area (Å²) in [5.41, 5.74) is 5.21. The second kappa shape index (κ2) is 8.83. The Hall–Kier alpha value is -4.27. The van der Waals surface area contributed by atoms with E-state index in [0.717, 1.165) is 28.3 Å². The lowest BCUT2D eigenvalue weighted by molar-refractivity contribution is -0.385. The number of nitrogens with one attached hydrogen (secondary N) is 1. The number of thiophene rings is 1. The molecule has 0 fully saturated rings. The molecule has 0 spiro atoms. The molecule has 4 aromatic heterocycles. The van der Waals surface area contributed by atoms with E-state index in [4.69, 9.17) is 5.73 Å². The smallest absolute Gasteiger partial charge is 0.320 e. The summed E-state index contributed by atoms with van der Waals surface area (Å²) in [7, 11) is 1.40. The number of halogens is 2. The first-order valence-corrected chi connectivity index (χ1v) is 10.9. The highest BCUT2D eigenvalue weighted by molar-refractivity contribution is 7.21. The van der Waals surface area contributed by atoms with Crippen LogP contribution in [0.25, 0.3) is 21.3 Å². The highest BCUT2D eigenvalue weighted by Gasteiger charge is 2.30. The molecular weight excluding hydrogens is 486 g/mol. The molecule has 15 heteroatoms. The van der Waals surface area contributed by atoms with Crippen molar-refractivity contribution in [1.82, 2.24) is 24.5 Å². The molecular formula is C20H18F2N8O4S. The molecule has 0 unspecified atom stereocenters. The third-order valence-electron chi connectivity index (χ3n) is 5.28. The molecule has 0 aliphatic rings. The number of nitrogens with zero attached hydrogens (tertiary/aromatic N) is 6. The van der Waals surface area contributed by atoms with Crippen LogP contribution >= 0.6 is 11.3 Å². The number of aromatic nitrogens is 5. The number of carbonyl (C=O) groups is 2. The van der Waals surface area contributed by atoms with Gasteiger partial charge in [0.05, 0.1) is 16.8 Å². The summed E-state index contributed by atoms with van der Waals surface area (Å²) >= 11 is 0.723. The van der Waals surface area contributed by atoms with Crippen molar-refractivity contribution >= 4 is 44.7 Å². The maximum Gasteiger partial charge on any atom is 0.320 e. The summed E-state index contributed by atoms with van der Waals surface area (Å²) in [5, 5.41) is 22.1. The minimum Gasteiger partial charge on any atom is -0.365 e. The van der Waals surface area contributed by atoms with Crippen molar-refractivity contribution in [3.63, 3.8) is 0 Å². The van der Waals surface area contributed by atoms with Gasteiger partial charge >= 0.3 is 5.69 Å². The maximum absolute atomic E-state index is 13.7. The number of aryl methyl sites for hydroxylation is 2. The fourth-order valence-corrected chi connectivity index (χ4v) is 4.72. The van der Waals surface area contributed by atoms with Crippen molar-refractivity contribution in [2.45, 2.75) is 26.8 Å². The Bertz CT molecular complexity index is 1510. The lowest BCUT2D eigenvalue weighted by atomic mass is 10.0. The van der Waals surface area contributed by atoms with Crippen LogP contribution < -0.4 is 11.1 Å². The normalized spacial score (nSPS) is 11.4. The number of nitrogens with two attached hydrogens (primary N) is 1. The van der Waals surface area contributed by atoms with Gasteiger partial charge in [0.25, 0.3) is 18.2 Å². The van der Waals surface area contributed by atoms with E-state index in [1.54, 1.807) is 11.6 Å². The van der Waals surface area contributed by atoms with Crippen LogP contribution in [0.4, 0.5) is 20.2 Å². The van der Waals surface area contributed by atoms with Gasteiger partial charge in [0.15, 0.2) is 0 Å². The van der Waals surface area contributed by atoms with Gasteiger partial charge in [0.1, 0.15) is 21.6 Å². The molecule has 3 N–H and O–H groups in total. The van der Waals surface area contributed by atoms with Crippen molar-refractivity contribution in [2.75, 3.05) is 5.32 Å². The molecule has 4 rings (SSSR count). The molecule has 4 heterocycles. The SMILES string of the molecule is CCn1ncc(-c2cc(C(F)F)nc3sc(C(N)=O)c(NC(=O)c4nn(C)cc4[N+](=O)[O-])c23)c1C. The van der Waals surface area contributed by atoms with Gasteiger partial charge in [-0.25, -0.2) is 13.8 Å². The summed E-state index contributed by atoms with van der Waals surface area (Å²) in [6.45, 7) is 4.12. The molecule has 0 radical (unpaired) electrons. The van der Waals surface area contributed by atoms with Crippen LogP contribution in [0.1, 0.15) is 44.9 Å². The van der Waals surface area contributed by atoms with Gasteiger partial charge in [-0.2, -0.15) is 10.2 Å². The molecule has 2 amide bonds. The first-order chi connectivity index (χ1) is 16.5. The standard InChI is InChI=1S/C20H18F2N8O4S/c1-4-29-8(2)10(6-24-29)9-5-11(17(21)22)25-20-13(9)15(16(35-20)18(23)31)26-19(32)14-12(30(33)34)7-28(3)27-14/h5-7,17H,4H2,1-3H3,(H2,23,31)(H,26,32). The minimum atomic E-state index is -2.91. The van der Waals surface area contributed by atoms with Gasteiger partial charge in [0, 0.05) is 30.2 Å². The Morgan fingerprint density at radius 2 is 2.06 bits per heavy atom. The van der Waals surface area contributed by atoms with Crippen LogP contribution in [0.2, 0.25) is 0 Å². The zero-order chi connectivity index (χ0) is 25.6. The number of carbonyl (C=O) groups excluding carboxylic acids is 2. The van der Waals surface area contributed by atoms with Crippen molar-refractivity contribution < 1.29 is 23.3 Å². The first kappa shape index (κ1) is 23.9. The number of fused-ring (bicyclic) bond motifs is 1. The average molecular weight is 504 g/mol. The van der Waals surface area contributed by atoms with Crippen LogP contribution in [0.5, 0.6) is 0 Å². The monoisotopic (exact) mass is 504 g/mol. The van der Waals surface area contributed by atoms with Gasteiger partial charge in [-0.05, 0) is 25.5 Å². The Balaban J connectivity index is 1.98.